The fourth-order valence-corrected chi connectivity index (χ4v) is 8.09. The van der Waals surface area contributed by atoms with Crippen LogP contribution in [-0.2, 0) is 0 Å². The van der Waals surface area contributed by atoms with Gasteiger partial charge in [-0.2, -0.15) is 0 Å². The van der Waals surface area contributed by atoms with Crippen LogP contribution in [0.5, 0.6) is 11.5 Å². The highest BCUT2D eigenvalue weighted by molar-refractivity contribution is 6.24. The quantitative estimate of drug-likeness (QED) is 0.176. The molecule has 0 atom stereocenters. The summed E-state index contributed by atoms with van der Waals surface area (Å²) < 4.78 is 11.7. The lowest BCUT2D eigenvalue weighted by Gasteiger charge is -2.16. The molecule has 11 rings (SSSR count). The predicted octanol–water partition coefficient (Wildman–Crippen LogP) is 12.4. The second-order valence-electron chi connectivity index (χ2n) is 13.4. The molecule has 0 N–H and O–H groups in total. The Morgan fingerprint density at radius 3 is 2.08 bits per heavy atom. The SMILES string of the molecule is c1ccc(-c2ccccc2-n2c(-c3cccc(Oc4cc(-c5ccccn5)cc5c6cccc7c8ccccc8n(c45)c76)c3)nc3ccccc32)cc1. The molecule has 0 saturated heterocycles. The Labute approximate surface area is 305 Å². The molecule has 7 aromatic carbocycles. The summed E-state index contributed by atoms with van der Waals surface area (Å²) in [5, 5.41) is 4.78. The lowest BCUT2D eigenvalue weighted by Crippen LogP contribution is -2.00. The van der Waals surface area contributed by atoms with Crippen LogP contribution in [0.25, 0.3) is 88.6 Å². The summed E-state index contributed by atoms with van der Waals surface area (Å²) in [5.74, 6) is 2.33. The molecule has 0 bridgehead atoms. The van der Waals surface area contributed by atoms with E-state index in [2.05, 4.69) is 161 Å². The van der Waals surface area contributed by atoms with E-state index in [0.717, 1.165) is 78.4 Å². The van der Waals surface area contributed by atoms with Gasteiger partial charge < -0.3 is 9.14 Å². The average Bonchev–Trinajstić information content (AvgIpc) is 3.89. The first-order valence-electron chi connectivity index (χ1n) is 17.8. The van der Waals surface area contributed by atoms with Crippen molar-refractivity contribution in [1.82, 2.24) is 18.9 Å². The molecule has 5 nitrogen and oxygen atoms in total. The Kier molecular flexibility index (Phi) is 6.48. The van der Waals surface area contributed by atoms with Gasteiger partial charge in [-0.05, 0) is 66.2 Å². The molecule has 0 aliphatic rings. The van der Waals surface area contributed by atoms with Gasteiger partial charge in [0, 0.05) is 44.4 Å². The number of benzene rings is 7. The van der Waals surface area contributed by atoms with Crippen molar-refractivity contribution in [2.24, 2.45) is 0 Å². The molecule has 5 heteroatoms. The fourth-order valence-electron chi connectivity index (χ4n) is 8.09. The van der Waals surface area contributed by atoms with Crippen LogP contribution >= 0.6 is 0 Å². The second kappa shape index (κ2) is 11.7. The highest BCUT2D eigenvalue weighted by atomic mass is 16.5. The minimum absolute atomic E-state index is 0.724. The van der Waals surface area contributed by atoms with Crippen molar-refractivity contribution in [3.8, 4) is 51.0 Å². The summed E-state index contributed by atoms with van der Waals surface area (Å²) >= 11 is 0. The normalized spacial score (nSPS) is 11.8. The maximum absolute atomic E-state index is 7.05. The minimum atomic E-state index is 0.724. The predicted molar refractivity (Wildman–Crippen MR) is 216 cm³/mol. The van der Waals surface area contributed by atoms with Gasteiger partial charge in [-0.15, -0.1) is 0 Å². The Morgan fingerprint density at radius 2 is 1.19 bits per heavy atom. The smallest absolute Gasteiger partial charge is 0.152 e. The van der Waals surface area contributed by atoms with Crippen LogP contribution in [0.1, 0.15) is 0 Å². The van der Waals surface area contributed by atoms with E-state index in [4.69, 9.17) is 14.7 Å². The molecule has 4 heterocycles. The van der Waals surface area contributed by atoms with Gasteiger partial charge in [0.1, 0.15) is 11.6 Å². The van der Waals surface area contributed by atoms with Crippen molar-refractivity contribution in [2.75, 3.05) is 0 Å². The summed E-state index contributed by atoms with van der Waals surface area (Å²) in [6.07, 6.45) is 1.84. The van der Waals surface area contributed by atoms with Gasteiger partial charge in [-0.1, -0.05) is 115 Å². The van der Waals surface area contributed by atoms with Crippen molar-refractivity contribution < 1.29 is 4.74 Å². The molecular formula is C48H30N4O. The number of fused-ring (bicyclic) bond motifs is 7. The largest absolute Gasteiger partial charge is 0.455 e. The molecule has 0 radical (unpaired) electrons. The zero-order valence-corrected chi connectivity index (χ0v) is 28.5. The third kappa shape index (κ3) is 4.57. The van der Waals surface area contributed by atoms with E-state index >= 15 is 0 Å². The van der Waals surface area contributed by atoms with Gasteiger partial charge in [0.05, 0.1) is 39.0 Å². The van der Waals surface area contributed by atoms with E-state index in [1.54, 1.807) is 0 Å². The van der Waals surface area contributed by atoms with Gasteiger partial charge in [-0.25, -0.2) is 4.98 Å². The van der Waals surface area contributed by atoms with Gasteiger partial charge >= 0.3 is 0 Å². The Morgan fingerprint density at radius 1 is 0.472 bits per heavy atom. The van der Waals surface area contributed by atoms with E-state index in [-0.39, 0.29) is 0 Å². The van der Waals surface area contributed by atoms with Crippen molar-refractivity contribution >= 4 is 49.1 Å². The first kappa shape index (κ1) is 29.5. The number of imidazole rings is 1. The van der Waals surface area contributed by atoms with Crippen molar-refractivity contribution in [1.29, 1.82) is 0 Å². The lowest BCUT2D eigenvalue weighted by molar-refractivity contribution is 0.487. The first-order chi connectivity index (χ1) is 26.3. The zero-order valence-electron chi connectivity index (χ0n) is 28.5. The average molecular weight is 679 g/mol. The fraction of sp³-hybridized carbons (Fsp3) is 0. The number of hydrogen-bond acceptors (Lipinski definition) is 3. The van der Waals surface area contributed by atoms with Gasteiger partial charge in [-0.3, -0.25) is 9.55 Å². The molecule has 4 aromatic heterocycles. The maximum Gasteiger partial charge on any atom is 0.152 e. The van der Waals surface area contributed by atoms with Gasteiger partial charge in [0.2, 0.25) is 0 Å². The number of nitrogens with zero attached hydrogens (tertiary/aromatic N) is 4. The van der Waals surface area contributed by atoms with Crippen LogP contribution in [0.15, 0.2) is 182 Å². The molecule has 0 amide bonds. The van der Waals surface area contributed by atoms with Crippen LogP contribution in [0.3, 0.4) is 0 Å². The molecule has 0 saturated carbocycles. The summed E-state index contributed by atoms with van der Waals surface area (Å²) in [4.78, 5) is 9.96. The Hall–Kier alpha value is -7.24. The van der Waals surface area contributed by atoms with Gasteiger partial charge in [0.25, 0.3) is 0 Å². The Bertz CT molecular complexity index is 3140. The van der Waals surface area contributed by atoms with E-state index in [1.165, 1.54) is 21.7 Å². The third-order valence-corrected chi connectivity index (χ3v) is 10.4. The van der Waals surface area contributed by atoms with E-state index < -0.39 is 0 Å². The maximum atomic E-state index is 7.05. The van der Waals surface area contributed by atoms with Crippen LogP contribution in [0.2, 0.25) is 0 Å². The molecule has 0 aliphatic heterocycles. The highest BCUT2D eigenvalue weighted by Crippen LogP contribution is 2.45. The van der Waals surface area contributed by atoms with E-state index in [0.29, 0.717) is 0 Å². The molecule has 248 valence electrons. The molecule has 0 fully saturated rings. The molecular weight excluding hydrogens is 649 g/mol. The number of ether oxygens (including phenoxy) is 1. The molecule has 0 spiro atoms. The molecule has 0 aliphatic carbocycles. The number of rotatable bonds is 6. The van der Waals surface area contributed by atoms with Gasteiger partial charge in [0.15, 0.2) is 5.75 Å². The van der Waals surface area contributed by atoms with Crippen LogP contribution in [0, 0.1) is 0 Å². The summed E-state index contributed by atoms with van der Waals surface area (Å²) in [7, 11) is 0. The lowest BCUT2D eigenvalue weighted by atomic mass is 10.0. The molecule has 0 unspecified atom stereocenters. The van der Waals surface area contributed by atoms with E-state index in [1.807, 2.05) is 30.5 Å². The van der Waals surface area contributed by atoms with Crippen molar-refractivity contribution in [3.63, 3.8) is 0 Å². The first-order valence-corrected chi connectivity index (χ1v) is 17.8. The topological polar surface area (TPSA) is 44.4 Å². The van der Waals surface area contributed by atoms with Crippen LogP contribution < -0.4 is 4.74 Å². The highest BCUT2D eigenvalue weighted by Gasteiger charge is 2.22. The Balaban J connectivity index is 1.12. The van der Waals surface area contributed by atoms with E-state index in [9.17, 15) is 0 Å². The summed E-state index contributed by atoms with van der Waals surface area (Å²) in [6, 6.07) is 61.3. The summed E-state index contributed by atoms with van der Waals surface area (Å²) in [5.41, 5.74) is 11.6. The van der Waals surface area contributed by atoms with Crippen molar-refractivity contribution in [2.45, 2.75) is 0 Å². The standard InChI is InChI=1S/C48H30N4O/c1-2-14-31(15-3-1)35-18-4-7-24-42(35)51-44-26-9-6-23-41(44)50-48(51)32-16-12-17-34(28-32)53-45-30-33(40-22-10-11-27-49-40)29-39-38-21-13-20-37-36-19-5-8-25-43(36)52(46(37)38)47(39)45/h1-30H. The van der Waals surface area contributed by atoms with Crippen LogP contribution in [-0.4, -0.2) is 18.9 Å². The number of aromatic nitrogens is 4. The monoisotopic (exact) mass is 678 g/mol. The third-order valence-electron chi connectivity index (χ3n) is 10.4. The number of hydrogen-bond donors (Lipinski definition) is 0. The zero-order chi connectivity index (χ0) is 34.9. The van der Waals surface area contributed by atoms with Crippen LogP contribution in [0.4, 0.5) is 0 Å². The van der Waals surface area contributed by atoms with Crippen molar-refractivity contribution in [3.05, 3.63) is 182 Å². The molecule has 11 aromatic rings. The number of para-hydroxylation sites is 5. The minimum Gasteiger partial charge on any atom is -0.455 e. The second-order valence-corrected chi connectivity index (χ2v) is 13.4. The summed E-state index contributed by atoms with van der Waals surface area (Å²) in [6.45, 7) is 0. The molecule has 53 heavy (non-hydrogen) atoms. The number of pyridine rings is 1.